The molecule has 0 saturated heterocycles. The van der Waals surface area contributed by atoms with Crippen molar-refractivity contribution in [3.63, 3.8) is 0 Å². The predicted molar refractivity (Wildman–Crippen MR) is 325 cm³/mol. The molecule has 82 heavy (non-hydrogen) atoms. The average Bonchev–Trinajstić information content (AvgIpc) is 3.94. The van der Waals surface area contributed by atoms with Crippen molar-refractivity contribution < 1.29 is 66.7 Å². The monoisotopic (exact) mass is 1150 g/mol. The van der Waals surface area contributed by atoms with E-state index in [0.29, 0.717) is 61.0 Å². The fourth-order valence-corrected chi connectivity index (χ4v) is 10.6. The number of esters is 6. The van der Waals surface area contributed by atoms with Crippen LogP contribution in [-0.4, -0.2) is 76.1 Å². The van der Waals surface area contributed by atoms with E-state index in [9.17, 15) is 28.8 Å². The average molecular weight is 1160 g/mol. The van der Waals surface area contributed by atoms with Gasteiger partial charge in [0.05, 0.1) is 26.1 Å². The lowest BCUT2D eigenvalue weighted by Gasteiger charge is -2.20. The molecule has 1 aliphatic rings. The second kappa shape index (κ2) is 47.7. The van der Waals surface area contributed by atoms with Crippen molar-refractivity contribution in [1.82, 2.24) is 0 Å². The molecule has 1 heterocycles. The van der Waals surface area contributed by atoms with E-state index in [0.717, 1.165) is 88.2 Å². The molecule has 14 nitrogen and oxygen atoms in total. The summed E-state index contributed by atoms with van der Waals surface area (Å²) in [4.78, 5) is 76.6. The lowest BCUT2D eigenvalue weighted by molar-refractivity contribution is -0.169. The van der Waals surface area contributed by atoms with E-state index in [-0.39, 0.29) is 68.5 Å². The van der Waals surface area contributed by atoms with Crippen LogP contribution in [0, 0.1) is 18.8 Å². The molecule has 1 aliphatic heterocycles. The first-order chi connectivity index (χ1) is 39.8. The first-order valence-electron chi connectivity index (χ1n) is 32.7. The highest BCUT2D eigenvalue weighted by Gasteiger charge is 2.33. The van der Waals surface area contributed by atoms with Crippen LogP contribution < -0.4 is 9.47 Å². The highest BCUT2D eigenvalue weighted by molar-refractivity contribution is 5.98. The van der Waals surface area contributed by atoms with Crippen molar-refractivity contribution in [1.29, 1.82) is 0 Å². The molecular weight excluding hydrogens is 1040 g/mol. The molecular formula is C68H114O14. The Morgan fingerprint density at radius 2 is 0.951 bits per heavy atom. The van der Waals surface area contributed by atoms with Crippen LogP contribution in [0.2, 0.25) is 0 Å². The highest BCUT2D eigenvalue weighted by Crippen LogP contribution is 2.43. The van der Waals surface area contributed by atoms with Crippen molar-refractivity contribution in [3.8, 4) is 11.5 Å². The maximum atomic E-state index is 13.3. The van der Waals surface area contributed by atoms with Crippen molar-refractivity contribution in [2.75, 3.05) is 34.2 Å². The molecule has 0 radical (unpaired) electrons. The minimum atomic E-state index is -0.867. The van der Waals surface area contributed by atoms with Gasteiger partial charge in [0.25, 0.3) is 0 Å². The van der Waals surface area contributed by atoms with Gasteiger partial charge in [0.15, 0.2) is 6.10 Å². The van der Waals surface area contributed by atoms with Crippen molar-refractivity contribution in [2.24, 2.45) is 11.8 Å². The molecule has 0 aliphatic carbocycles. The van der Waals surface area contributed by atoms with Crippen LogP contribution in [0.1, 0.15) is 306 Å². The molecule has 0 bridgehead atoms. The van der Waals surface area contributed by atoms with Gasteiger partial charge in [-0.15, -0.1) is 0 Å². The van der Waals surface area contributed by atoms with Crippen molar-refractivity contribution >= 4 is 35.8 Å². The zero-order valence-electron chi connectivity index (χ0n) is 52.9. The SMILES string of the molecule is CCCCCCCCCCCCCCCC(=O)OCC(COC(=O)CCCCCCCCCCCCCCC)OC(=O)C(C)CCCCCCCCC(C)C(=O)OCOc1c(C/C=C(\C)CCC(=O)OC)c(OC)c(C)c2c1C(=O)OC2. The summed E-state index contributed by atoms with van der Waals surface area (Å²) in [6.45, 7) is 11.4. The smallest absolute Gasteiger partial charge is 0.342 e. The predicted octanol–water partition coefficient (Wildman–Crippen LogP) is 17.3. The second-order valence-electron chi connectivity index (χ2n) is 23.4. The molecule has 0 aromatic heterocycles. The molecule has 2 atom stereocenters. The quantitative estimate of drug-likeness (QED) is 0.0198. The minimum Gasteiger partial charge on any atom is -0.496 e. The topological polar surface area (TPSA) is 176 Å². The molecule has 1 aromatic carbocycles. The van der Waals surface area contributed by atoms with Crippen LogP contribution in [0.25, 0.3) is 0 Å². The molecule has 2 rings (SSSR count). The Hall–Kier alpha value is -4.62. The summed E-state index contributed by atoms with van der Waals surface area (Å²) in [5.41, 5.74) is 3.32. The maximum absolute atomic E-state index is 13.3. The summed E-state index contributed by atoms with van der Waals surface area (Å²) >= 11 is 0. The summed E-state index contributed by atoms with van der Waals surface area (Å²) in [7, 11) is 2.91. The van der Waals surface area contributed by atoms with Crippen molar-refractivity contribution in [2.45, 2.75) is 305 Å². The number of fused-ring (bicyclic) bond motifs is 1. The van der Waals surface area contributed by atoms with Gasteiger partial charge >= 0.3 is 35.8 Å². The molecule has 0 amide bonds. The number of unbranched alkanes of at least 4 members (excludes halogenated alkanes) is 29. The summed E-state index contributed by atoms with van der Waals surface area (Å²) in [6, 6.07) is 0. The van der Waals surface area contributed by atoms with Crippen LogP contribution in [-0.2, 0) is 65.4 Å². The third-order valence-corrected chi connectivity index (χ3v) is 16.1. The normalized spacial score (nSPS) is 12.9. The van der Waals surface area contributed by atoms with Crippen LogP contribution in [0.15, 0.2) is 11.6 Å². The number of carbonyl (C=O) groups is 6. The van der Waals surface area contributed by atoms with E-state index in [4.69, 9.17) is 37.9 Å². The molecule has 0 N–H and O–H groups in total. The number of hydrogen-bond acceptors (Lipinski definition) is 14. The Labute approximate surface area is 496 Å². The molecule has 2 unspecified atom stereocenters. The number of ether oxygens (including phenoxy) is 8. The second-order valence-corrected chi connectivity index (χ2v) is 23.4. The van der Waals surface area contributed by atoms with Gasteiger partial charge < -0.3 is 37.9 Å². The zero-order valence-corrected chi connectivity index (χ0v) is 52.9. The Kier molecular flexibility index (Phi) is 42.8. The first-order valence-corrected chi connectivity index (χ1v) is 32.7. The van der Waals surface area contributed by atoms with E-state index >= 15 is 0 Å². The lowest BCUT2D eigenvalue weighted by Crippen LogP contribution is -2.32. The van der Waals surface area contributed by atoms with Crippen LogP contribution in [0.3, 0.4) is 0 Å². The fourth-order valence-electron chi connectivity index (χ4n) is 10.6. The van der Waals surface area contributed by atoms with Crippen molar-refractivity contribution in [3.05, 3.63) is 33.9 Å². The summed E-state index contributed by atoms with van der Waals surface area (Å²) in [5.74, 6) is -2.17. The molecule has 470 valence electrons. The third kappa shape index (κ3) is 33.6. The van der Waals surface area contributed by atoms with E-state index in [2.05, 4.69) is 13.8 Å². The molecule has 0 saturated carbocycles. The van der Waals surface area contributed by atoms with Gasteiger partial charge in [-0.05, 0) is 57.9 Å². The lowest BCUT2D eigenvalue weighted by atomic mass is 9.94. The Bertz CT molecular complexity index is 1910. The van der Waals surface area contributed by atoms with Gasteiger partial charge in [0, 0.05) is 30.4 Å². The van der Waals surface area contributed by atoms with Crippen LogP contribution in [0.4, 0.5) is 0 Å². The number of allylic oxidation sites excluding steroid dienone is 2. The minimum absolute atomic E-state index is 0.0906. The maximum Gasteiger partial charge on any atom is 0.342 e. The number of cyclic esters (lactones) is 1. The van der Waals surface area contributed by atoms with Gasteiger partial charge in [0.2, 0.25) is 6.79 Å². The number of benzene rings is 1. The van der Waals surface area contributed by atoms with Crippen LogP contribution in [0.5, 0.6) is 11.5 Å². The molecule has 0 spiro atoms. The number of carbonyl (C=O) groups excluding carboxylic acids is 6. The van der Waals surface area contributed by atoms with Gasteiger partial charge in [-0.1, -0.05) is 232 Å². The Morgan fingerprint density at radius 1 is 0.524 bits per heavy atom. The van der Waals surface area contributed by atoms with Crippen LogP contribution >= 0.6 is 0 Å². The molecule has 14 heteroatoms. The van der Waals surface area contributed by atoms with E-state index in [1.54, 1.807) is 7.11 Å². The van der Waals surface area contributed by atoms with Gasteiger partial charge in [-0.25, -0.2) is 4.79 Å². The first kappa shape index (κ1) is 73.5. The Morgan fingerprint density at radius 3 is 1.39 bits per heavy atom. The van der Waals surface area contributed by atoms with Gasteiger partial charge in [-0.2, -0.15) is 0 Å². The summed E-state index contributed by atoms with van der Waals surface area (Å²) < 4.78 is 44.6. The number of hydrogen-bond donors (Lipinski definition) is 0. The summed E-state index contributed by atoms with van der Waals surface area (Å²) in [5, 5.41) is 0. The molecule has 0 fully saturated rings. The fraction of sp³-hybridized carbons (Fsp3) is 0.794. The number of rotatable bonds is 53. The van der Waals surface area contributed by atoms with E-state index in [1.807, 2.05) is 33.8 Å². The largest absolute Gasteiger partial charge is 0.496 e. The third-order valence-electron chi connectivity index (χ3n) is 16.1. The summed E-state index contributed by atoms with van der Waals surface area (Å²) in [6.07, 6.45) is 41.4. The van der Waals surface area contributed by atoms with Gasteiger partial charge in [-0.3, -0.25) is 24.0 Å². The molecule has 1 aromatic rings. The Balaban J connectivity index is 1.76. The highest BCUT2D eigenvalue weighted by atomic mass is 16.7. The van der Waals surface area contributed by atoms with Gasteiger partial charge in [0.1, 0.15) is 36.9 Å². The van der Waals surface area contributed by atoms with E-state index < -0.39 is 24.0 Å². The zero-order chi connectivity index (χ0) is 60.0. The van der Waals surface area contributed by atoms with E-state index in [1.165, 1.54) is 136 Å². The number of methoxy groups -OCH3 is 2. The standard InChI is InChI=1S/C68H114O14/c1-9-11-13-15-17-19-21-23-25-27-29-35-39-43-61(70)77-49-57(50-78-62(71)44-40-36-30-28-26-24-22-20-18-16-14-12-10-2)82-67(73)55(5)42-38-34-32-31-33-37-41-54(4)66(72)81-52-80-65-58(47-45-53(3)46-48-60(69)75-7)64(76-8)56(6)59-51-79-68(74)63(59)65/h45,54-55,57H,9-44,46-52H2,1-8H3/b53-45+.